The molecule has 104 valence electrons. The molecular formula is C16H23NO2. The number of carboxylic acid groups (broad SMARTS) is 1. The summed E-state index contributed by atoms with van der Waals surface area (Å²) in [5.74, 6) is -0.294. The second kappa shape index (κ2) is 7.74. The van der Waals surface area contributed by atoms with Gasteiger partial charge in [-0.15, -0.1) is 0 Å². The predicted molar refractivity (Wildman–Crippen MR) is 79.0 cm³/mol. The van der Waals surface area contributed by atoms with Gasteiger partial charge in [-0.2, -0.15) is 0 Å². The summed E-state index contributed by atoms with van der Waals surface area (Å²) in [6, 6.07) is 9.25. The Hall–Kier alpha value is -1.61. The second-order valence-corrected chi connectivity index (χ2v) is 5.28. The van der Waals surface area contributed by atoms with Crippen LogP contribution in [0.3, 0.4) is 0 Å². The van der Waals surface area contributed by atoms with Crippen LogP contribution in [0.2, 0.25) is 0 Å². The lowest BCUT2D eigenvalue weighted by Crippen LogP contribution is -2.41. The molecule has 0 aromatic heterocycles. The molecule has 0 heterocycles. The number of carbonyl (C=O) groups is 1. The van der Waals surface area contributed by atoms with Gasteiger partial charge in [0, 0.05) is 6.04 Å². The molecule has 0 radical (unpaired) electrons. The third-order valence-electron chi connectivity index (χ3n) is 2.84. The lowest BCUT2D eigenvalue weighted by molar-refractivity contribution is -0.138. The summed E-state index contributed by atoms with van der Waals surface area (Å²) < 4.78 is 0. The third kappa shape index (κ3) is 6.20. The van der Waals surface area contributed by atoms with Crippen LogP contribution in [-0.2, 0) is 4.79 Å². The quantitative estimate of drug-likeness (QED) is 0.792. The van der Waals surface area contributed by atoms with Crippen molar-refractivity contribution in [1.82, 2.24) is 5.32 Å². The van der Waals surface area contributed by atoms with E-state index in [1.165, 1.54) is 0 Å². The largest absolute Gasteiger partial charge is 0.480 e. The summed E-state index contributed by atoms with van der Waals surface area (Å²) in [5, 5.41) is 12.4. The number of hydrogen-bond donors (Lipinski definition) is 2. The van der Waals surface area contributed by atoms with Crippen LogP contribution in [0.1, 0.15) is 32.8 Å². The maximum Gasteiger partial charge on any atom is 0.324 e. The van der Waals surface area contributed by atoms with Crippen LogP contribution in [0, 0.1) is 5.92 Å². The van der Waals surface area contributed by atoms with E-state index in [4.69, 9.17) is 0 Å². The molecular weight excluding hydrogens is 238 g/mol. The van der Waals surface area contributed by atoms with Gasteiger partial charge in [0.05, 0.1) is 0 Å². The van der Waals surface area contributed by atoms with Crippen LogP contribution in [0.15, 0.2) is 36.4 Å². The van der Waals surface area contributed by atoms with Crippen molar-refractivity contribution < 1.29 is 9.90 Å². The molecule has 1 rings (SSSR count). The minimum atomic E-state index is -0.845. The molecule has 0 saturated heterocycles. The van der Waals surface area contributed by atoms with Crippen molar-refractivity contribution in [3.8, 4) is 0 Å². The smallest absolute Gasteiger partial charge is 0.324 e. The fraction of sp³-hybridized carbons (Fsp3) is 0.438. The van der Waals surface area contributed by atoms with E-state index in [0.717, 1.165) is 12.0 Å². The Morgan fingerprint density at radius 2 is 1.89 bits per heavy atom. The first-order chi connectivity index (χ1) is 8.99. The summed E-state index contributed by atoms with van der Waals surface area (Å²) in [5.41, 5.74) is 1.01. The molecule has 0 bridgehead atoms. The van der Waals surface area contributed by atoms with E-state index in [-0.39, 0.29) is 6.04 Å². The van der Waals surface area contributed by atoms with Gasteiger partial charge in [-0.3, -0.25) is 10.1 Å². The van der Waals surface area contributed by atoms with E-state index in [2.05, 4.69) is 19.2 Å². The molecule has 0 amide bonds. The number of nitrogens with one attached hydrogen (secondary N) is 1. The van der Waals surface area contributed by atoms with Crippen LogP contribution >= 0.6 is 0 Å². The van der Waals surface area contributed by atoms with Crippen LogP contribution in [0.25, 0.3) is 6.08 Å². The van der Waals surface area contributed by atoms with E-state index in [1.807, 2.05) is 43.3 Å². The SMILES string of the molecule is CC(C)C[C@@H](C)NC(C=Cc1ccccc1)C(=O)O. The minimum Gasteiger partial charge on any atom is -0.480 e. The molecule has 2 N–H and O–H groups in total. The zero-order chi connectivity index (χ0) is 14.3. The highest BCUT2D eigenvalue weighted by Gasteiger charge is 2.16. The highest BCUT2D eigenvalue weighted by molar-refractivity contribution is 5.77. The van der Waals surface area contributed by atoms with Crippen molar-refractivity contribution in [1.29, 1.82) is 0 Å². The maximum absolute atomic E-state index is 11.2. The molecule has 0 fully saturated rings. The number of rotatable bonds is 7. The Labute approximate surface area is 115 Å². The van der Waals surface area contributed by atoms with Crippen molar-refractivity contribution >= 4 is 12.0 Å². The molecule has 0 saturated carbocycles. The van der Waals surface area contributed by atoms with Gasteiger partial charge in [0.15, 0.2) is 0 Å². The standard InChI is InChI=1S/C16H23NO2/c1-12(2)11-13(3)17-15(16(18)19)10-9-14-7-5-4-6-8-14/h4-10,12-13,15,17H,11H2,1-3H3,(H,18,19)/t13-,15?/m1/s1. The van der Waals surface area contributed by atoms with E-state index < -0.39 is 12.0 Å². The van der Waals surface area contributed by atoms with E-state index in [9.17, 15) is 9.90 Å². The average Bonchev–Trinajstić information content (AvgIpc) is 2.34. The lowest BCUT2D eigenvalue weighted by atomic mass is 10.0. The predicted octanol–water partition coefficient (Wildman–Crippen LogP) is 3.18. The van der Waals surface area contributed by atoms with Crippen molar-refractivity contribution in [2.24, 2.45) is 5.92 Å². The summed E-state index contributed by atoms with van der Waals surface area (Å²) in [6.45, 7) is 6.29. The molecule has 0 aliphatic heterocycles. The molecule has 1 aromatic carbocycles. The van der Waals surface area contributed by atoms with Gasteiger partial charge < -0.3 is 5.11 Å². The lowest BCUT2D eigenvalue weighted by Gasteiger charge is -2.19. The van der Waals surface area contributed by atoms with Crippen molar-refractivity contribution in [3.63, 3.8) is 0 Å². The molecule has 0 aliphatic carbocycles. The van der Waals surface area contributed by atoms with E-state index in [1.54, 1.807) is 6.08 Å². The van der Waals surface area contributed by atoms with Crippen molar-refractivity contribution in [3.05, 3.63) is 42.0 Å². The Balaban J connectivity index is 2.63. The van der Waals surface area contributed by atoms with Gasteiger partial charge in [0.1, 0.15) is 6.04 Å². The van der Waals surface area contributed by atoms with E-state index >= 15 is 0 Å². The Bertz CT molecular complexity index is 412. The Morgan fingerprint density at radius 1 is 1.26 bits per heavy atom. The summed E-state index contributed by atoms with van der Waals surface area (Å²) in [4.78, 5) is 11.2. The number of benzene rings is 1. The second-order valence-electron chi connectivity index (χ2n) is 5.28. The van der Waals surface area contributed by atoms with Gasteiger partial charge in [0.2, 0.25) is 0 Å². The maximum atomic E-state index is 11.2. The number of aliphatic carboxylic acids is 1. The Morgan fingerprint density at radius 3 is 2.42 bits per heavy atom. The van der Waals surface area contributed by atoms with Gasteiger partial charge in [-0.1, -0.05) is 56.3 Å². The van der Waals surface area contributed by atoms with E-state index in [0.29, 0.717) is 5.92 Å². The third-order valence-corrected chi connectivity index (χ3v) is 2.84. The zero-order valence-corrected chi connectivity index (χ0v) is 11.8. The van der Waals surface area contributed by atoms with Crippen LogP contribution in [0.5, 0.6) is 0 Å². The summed E-state index contributed by atoms with van der Waals surface area (Å²) >= 11 is 0. The molecule has 0 aliphatic rings. The topological polar surface area (TPSA) is 49.3 Å². The van der Waals surface area contributed by atoms with Gasteiger partial charge in [0.25, 0.3) is 0 Å². The highest BCUT2D eigenvalue weighted by atomic mass is 16.4. The molecule has 19 heavy (non-hydrogen) atoms. The highest BCUT2D eigenvalue weighted by Crippen LogP contribution is 2.07. The van der Waals surface area contributed by atoms with Crippen LogP contribution in [-0.4, -0.2) is 23.2 Å². The first-order valence-corrected chi connectivity index (χ1v) is 6.71. The molecule has 2 atom stereocenters. The molecule has 3 heteroatoms. The Kier molecular flexibility index (Phi) is 6.30. The van der Waals surface area contributed by atoms with Gasteiger partial charge >= 0.3 is 5.97 Å². The van der Waals surface area contributed by atoms with Crippen molar-refractivity contribution in [2.75, 3.05) is 0 Å². The van der Waals surface area contributed by atoms with Gasteiger partial charge in [-0.05, 0) is 24.8 Å². The average molecular weight is 261 g/mol. The molecule has 3 nitrogen and oxygen atoms in total. The van der Waals surface area contributed by atoms with Crippen LogP contribution in [0.4, 0.5) is 0 Å². The monoisotopic (exact) mass is 261 g/mol. The summed E-state index contributed by atoms with van der Waals surface area (Å²) in [7, 11) is 0. The first kappa shape index (κ1) is 15.4. The molecule has 1 aromatic rings. The summed E-state index contributed by atoms with van der Waals surface area (Å²) in [6.07, 6.45) is 4.51. The zero-order valence-electron chi connectivity index (χ0n) is 11.8. The fourth-order valence-corrected chi connectivity index (χ4v) is 2.06. The normalized spacial score (nSPS) is 14.7. The van der Waals surface area contributed by atoms with Gasteiger partial charge in [-0.25, -0.2) is 0 Å². The first-order valence-electron chi connectivity index (χ1n) is 6.71. The molecule has 0 spiro atoms. The number of hydrogen-bond acceptors (Lipinski definition) is 2. The minimum absolute atomic E-state index is 0.182. The van der Waals surface area contributed by atoms with Crippen molar-refractivity contribution in [2.45, 2.75) is 39.3 Å². The van der Waals surface area contributed by atoms with Crippen LogP contribution < -0.4 is 5.32 Å². The molecule has 1 unspecified atom stereocenters. The number of carboxylic acids is 1. The fourth-order valence-electron chi connectivity index (χ4n) is 2.06.